The fraction of sp³-hybridized carbons (Fsp3) is 0.323. The van der Waals surface area contributed by atoms with Gasteiger partial charge in [-0.2, -0.15) is 0 Å². The number of aliphatic hydroxyl groups excluding tert-OH is 1. The quantitative estimate of drug-likeness (QED) is 0.363. The van der Waals surface area contributed by atoms with Crippen molar-refractivity contribution in [1.29, 1.82) is 0 Å². The van der Waals surface area contributed by atoms with E-state index in [4.69, 9.17) is 4.74 Å². The summed E-state index contributed by atoms with van der Waals surface area (Å²) in [5, 5.41) is 12.5. The standard InChI is InChI=1S/C31H34N2O3/c1-21(34)18-23-8-10-24(11-9-23)25-12-14-26(15-13-25)27-16-17-29-30(19-27)36-22(2)20-33(29)31(35)32-28-6-4-3-5-7-28/h3-7,12-17,19,22-24,34H,1,8-11,18,20H2,2H3,(H,32,35). The molecule has 2 aliphatic rings. The van der Waals surface area contributed by atoms with Crippen molar-refractivity contribution in [1.82, 2.24) is 0 Å². The molecule has 0 aromatic heterocycles. The molecule has 1 atom stereocenters. The van der Waals surface area contributed by atoms with Crippen molar-refractivity contribution in [2.75, 3.05) is 16.8 Å². The summed E-state index contributed by atoms with van der Waals surface area (Å²) in [5.41, 5.74) is 5.14. The van der Waals surface area contributed by atoms with E-state index in [0.29, 0.717) is 24.1 Å². The van der Waals surface area contributed by atoms with Gasteiger partial charge in [0.2, 0.25) is 0 Å². The van der Waals surface area contributed by atoms with Crippen LogP contribution in [0.5, 0.6) is 5.75 Å². The molecular formula is C31H34N2O3. The fourth-order valence-corrected chi connectivity index (χ4v) is 5.51. The second-order valence-electron chi connectivity index (χ2n) is 10.1. The molecule has 186 valence electrons. The van der Waals surface area contributed by atoms with Gasteiger partial charge in [0.05, 0.1) is 18.0 Å². The number of para-hydroxylation sites is 1. The maximum atomic E-state index is 13.0. The van der Waals surface area contributed by atoms with Gasteiger partial charge < -0.3 is 15.2 Å². The van der Waals surface area contributed by atoms with Gasteiger partial charge in [0, 0.05) is 12.1 Å². The number of allylic oxidation sites excluding steroid dienone is 1. The Balaban J connectivity index is 1.29. The lowest BCUT2D eigenvalue weighted by Crippen LogP contribution is -2.44. The number of carbonyl (C=O) groups is 1. The summed E-state index contributed by atoms with van der Waals surface area (Å²) in [5.74, 6) is 2.17. The largest absolute Gasteiger partial charge is 0.513 e. The average molecular weight is 483 g/mol. The second-order valence-corrected chi connectivity index (χ2v) is 10.1. The highest BCUT2D eigenvalue weighted by atomic mass is 16.5. The van der Waals surface area contributed by atoms with Gasteiger partial charge in [-0.3, -0.25) is 4.90 Å². The molecule has 1 heterocycles. The summed E-state index contributed by atoms with van der Waals surface area (Å²) < 4.78 is 6.14. The summed E-state index contributed by atoms with van der Waals surface area (Å²) in [6, 6.07) is 24.3. The fourth-order valence-electron chi connectivity index (χ4n) is 5.51. The molecule has 0 radical (unpaired) electrons. The molecular weight excluding hydrogens is 448 g/mol. The Bertz CT molecular complexity index is 1210. The lowest BCUT2D eigenvalue weighted by atomic mass is 9.77. The Hall–Kier alpha value is -3.73. The Morgan fingerprint density at radius 1 is 1.00 bits per heavy atom. The predicted molar refractivity (Wildman–Crippen MR) is 146 cm³/mol. The highest BCUT2D eigenvalue weighted by Gasteiger charge is 2.28. The predicted octanol–water partition coefficient (Wildman–Crippen LogP) is 7.91. The van der Waals surface area contributed by atoms with Gasteiger partial charge in [-0.15, -0.1) is 0 Å². The summed E-state index contributed by atoms with van der Waals surface area (Å²) >= 11 is 0. The second kappa shape index (κ2) is 10.5. The van der Waals surface area contributed by atoms with Crippen LogP contribution in [0.25, 0.3) is 11.1 Å². The number of fused-ring (bicyclic) bond motifs is 1. The van der Waals surface area contributed by atoms with E-state index in [1.54, 1.807) is 4.90 Å². The first-order chi connectivity index (χ1) is 17.5. The van der Waals surface area contributed by atoms with Crippen LogP contribution in [0.3, 0.4) is 0 Å². The zero-order valence-electron chi connectivity index (χ0n) is 20.8. The number of rotatable bonds is 5. The first-order valence-corrected chi connectivity index (χ1v) is 12.9. The Morgan fingerprint density at radius 2 is 1.69 bits per heavy atom. The van der Waals surface area contributed by atoms with Crippen LogP contribution < -0.4 is 15.0 Å². The smallest absolute Gasteiger partial charge is 0.326 e. The number of nitrogens with zero attached hydrogens (tertiary/aromatic N) is 1. The first-order valence-electron chi connectivity index (χ1n) is 12.9. The zero-order valence-corrected chi connectivity index (χ0v) is 20.8. The Kier molecular flexibility index (Phi) is 6.99. The molecule has 2 amide bonds. The maximum absolute atomic E-state index is 13.0. The number of amides is 2. The topological polar surface area (TPSA) is 61.8 Å². The molecule has 1 aliphatic carbocycles. The molecule has 1 fully saturated rings. The third kappa shape index (κ3) is 5.40. The third-order valence-corrected chi connectivity index (χ3v) is 7.38. The number of aliphatic hydroxyl groups is 1. The zero-order chi connectivity index (χ0) is 25.1. The lowest BCUT2D eigenvalue weighted by Gasteiger charge is -2.33. The third-order valence-electron chi connectivity index (χ3n) is 7.38. The van der Waals surface area contributed by atoms with Gasteiger partial charge in [0.25, 0.3) is 0 Å². The van der Waals surface area contributed by atoms with Crippen molar-refractivity contribution in [3.63, 3.8) is 0 Å². The highest BCUT2D eigenvalue weighted by molar-refractivity contribution is 6.03. The van der Waals surface area contributed by atoms with Gasteiger partial charge in [0.1, 0.15) is 11.9 Å². The SMILES string of the molecule is C=C(O)CC1CCC(c2ccc(-c3ccc4c(c3)OC(C)CN4C(=O)Nc3ccccc3)cc2)CC1. The minimum absolute atomic E-state index is 0.102. The molecule has 1 saturated carbocycles. The Labute approximate surface area is 213 Å². The van der Waals surface area contributed by atoms with Crippen LogP contribution in [0.2, 0.25) is 0 Å². The summed E-state index contributed by atoms with van der Waals surface area (Å²) in [6.45, 7) is 6.13. The highest BCUT2D eigenvalue weighted by Crippen LogP contribution is 2.40. The van der Waals surface area contributed by atoms with Crippen molar-refractivity contribution in [2.45, 2.75) is 51.0 Å². The van der Waals surface area contributed by atoms with Crippen molar-refractivity contribution in [3.05, 3.63) is 90.7 Å². The molecule has 2 N–H and O–H groups in total. The molecule has 5 heteroatoms. The first kappa shape index (κ1) is 24.0. The lowest BCUT2D eigenvalue weighted by molar-refractivity contribution is 0.209. The van der Waals surface area contributed by atoms with Crippen molar-refractivity contribution >= 4 is 17.4 Å². The molecule has 5 rings (SSSR count). The van der Waals surface area contributed by atoms with E-state index in [0.717, 1.165) is 60.4 Å². The van der Waals surface area contributed by atoms with Crippen molar-refractivity contribution in [2.24, 2.45) is 5.92 Å². The number of hydrogen-bond donors (Lipinski definition) is 2. The van der Waals surface area contributed by atoms with E-state index in [1.807, 2.05) is 49.4 Å². The summed E-state index contributed by atoms with van der Waals surface area (Å²) in [6.07, 6.45) is 5.22. The van der Waals surface area contributed by atoms with E-state index >= 15 is 0 Å². The molecule has 3 aromatic carbocycles. The summed E-state index contributed by atoms with van der Waals surface area (Å²) in [4.78, 5) is 14.8. The van der Waals surface area contributed by atoms with Gasteiger partial charge in [-0.25, -0.2) is 4.79 Å². The van der Waals surface area contributed by atoms with Crippen molar-refractivity contribution in [3.8, 4) is 16.9 Å². The van der Waals surface area contributed by atoms with E-state index in [-0.39, 0.29) is 12.1 Å². The number of benzene rings is 3. The Morgan fingerprint density at radius 3 is 2.39 bits per heavy atom. The van der Waals surface area contributed by atoms with Crippen LogP contribution in [0.15, 0.2) is 85.1 Å². The average Bonchev–Trinajstić information content (AvgIpc) is 2.88. The molecule has 1 aliphatic heterocycles. The number of anilines is 2. The maximum Gasteiger partial charge on any atom is 0.326 e. The van der Waals surface area contributed by atoms with Crippen molar-refractivity contribution < 1.29 is 14.6 Å². The normalized spacial score (nSPS) is 21.2. The van der Waals surface area contributed by atoms with Gasteiger partial charge in [-0.05, 0) is 85.4 Å². The van der Waals surface area contributed by atoms with E-state index < -0.39 is 0 Å². The van der Waals surface area contributed by atoms with Gasteiger partial charge in [-0.1, -0.05) is 55.1 Å². The number of ether oxygens (including phenoxy) is 1. The van der Waals surface area contributed by atoms with Crippen LogP contribution in [0, 0.1) is 5.92 Å². The summed E-state index contributed by atoms with van der Waals surface area (Å²) in [7, 11) is 0. The minimum atomic E-state index is -0.160. The molecule has 1 unspecified atom stereocenters. The minimum Gasteiger partial charge on any atom is -0.513 e. The van der Waals surface area contributed by atoms with Crippen LogP contribution in [0.4, 0.5) is 16.2 Å². The molecule has 0 bridgehead atoms. The number of urea groups is 1. The van der Waals surface area contributed by atoms with Crippen LogP contribution >= 0.6 is 0 Å². The number of hydrogen-bond acceptors (Lipinski definition) is 3. The van der Waals surface area contributed by atoms with Gasteiger partial charge in [0.15, 0.2) is 0 Å². The van der Waals surface area contributed by atoms with Crippen LogP contribution in [-0.4, -0.2) is 23.8 Å². The molecule has 36 heavy (non-hydrogen) atoms. The monoisotopic (exact) mass is 482 g/mol. The molecule has 3 aromatic rings. The van der Waals surface area contributed by atoms with E-state index in [1.165, 1.54) is 5.56 Å². The van der Waals surface area contributed by atoms with E-state index in [2.05, 4.69) is 42.2 Å². The molecule has 5 nitrogen and oxygen atoms in total. The molecule has 0 saturated heterocycles. The van der Waals surface area contributed by atoms with E-state index in [9.17, 15) is 9.90 Å². The van der Waals surface area contributed by atoms with Crippen LogP contribution in [-0.2, 0) is 0 Å². The van der Waals surface area contributed by atoms with Crippen LogP contribution in [0.1, 0.15) is 50.5 Å². The number of nitrogens with one attached hydrogen (secondary N) is 1. The number of carbonyl (C=O) groups excluding carboxylic acids is 1. The molecule has 0 spiro atoms. The van der Waals surface area contributed by atoms with Gasteiger partial charge >= 0.3 is 6.03 Å².